The Morgan fingerprint density at radius 2 is 1.79 bits per heavy atom. The third kappa shape index (κ3) is 3.29. The van der Waals surface area contributed by atoms with Crippen molar-refractivity contribution in [3.8, 4) is 10.4 Å². The Bertz CT molecular complexity index is 1150. The summed E-state index contributed by atoms with van der Waals surface area (Å²) < 4.78 is 27.5. The van der Waals surface area contributed by atoms with Crippen molar-refractivity contribution in [2.24, 2.45) is 0 Å². The maximum absolute atomic E-state index is 13.2. The summed E-state index contributed by atoms with van der Waals surface area (Å²) in [6, 6.07) is 17.9. The first-order valence-electron chi connectivity index (χ1n) is 9.20. The minimum Gasteiger partial charge on any atom is -0.480 e. The van der Waals surface area contributed by atoms with Crippen LogP contribution in [-0.2, 0) is 14.8 Å². The van der Waals surface area contributed by atoms with Gasteiger partial charge in [-0.2, -0.15) is 4.31 Å². The maximum atomic E-state index is 13.2. The normalized spacial score (nSPS) is 21.3. The van der Waals surface area contributed by atoms with Crippen molar-refractivity contribution in [3.05, 3.63) is 77.2 Å². The predicted octanol–water partition coefficient (Wildman–Crippen LogP) is 4.35. The number of hydrogen-bond acceptors (Lipinski definition) is 4. The summed E-state index contributed by atoms with van der Waals surface area (Å²) in [5, 5.41) is 11.9. The number of benzene rings is 2. The lowest BCUT2D eigenvalue weighted by Crippen LogP contribution is -2.45. The molecule has 150 valence electrons. The molecule has 29 heavy (non-hydrogen) atoms. The van der Waals surface area contributed by atoms with E-state index in [9.17, 15) is 18.3 Å². The van der Waals surface area contributed by atoms with Gasteiger partial charge in [-0.15, -0.1) is 11.3 Å². The SMILES string of the molecule is Cc1csc(-c2ccc(S(=O)(=O)N(C)C3(C(=O)O)CC3c3ccccc3)cc2)c1. The van der Waals surface area contributed by atoms with Crippen molar-refractivity contribution in [1.82, 2.24) is 4.31 Å². The smallest absolute Gasteiger partial charge is 0.325 e. The fraction of sp³-hybridized carbons (Fsp3) is 0.227. The van der Waals surface area contributed by atoms with Crippen molar-refractivity contribution in [1.29, 1.82) is 0 Å². The van der Waals surface area contributed by atoms with E-state index in [1.165, 1.54) is 7.05 Å². The van der Waals surface area contributed by atoms with Gasteiger partial charge in [0.05, 0.1) is 4.90 Å². The Morgan fingerprint density at radius 1 is 1.14 bits per heavy atom. The number of thiophene rings is 1. The van der Waals surface area contributed by atoms with Gasteiger partial charge >= 0.3 is 5.97 Å². The first-order valence-corrected chi connectivity index (χ1v) is 11.5. The van der Waals surface area contributed by atoms with Crippen LogP contribution in [0.2, 0.25) is 0 Å². The molecule has 5 nitrogen and oxygen atoms in total. The highest BCUT2D eigenvalue weighted by Crippen LogP contribution is 2.56. The molecule has 1 aromatic heterocycles. The van der Waals surface area contributed by atoms with Crippen LogP contribution in [0.1, 0.15) is 23.5 Å². The molecule has 1 heterocycles. The lowest BCUT2D eigenvalue weighted by molar-refractivity contribution is -0.142. The standard InChI is InChI=1S/C22H21NO4S2/c1-15-12-20(28-14-15)17-8-10-18(11-9-17)29(26,27)23(2)22(21(24)25)13-19(22)16-6-4-3-5-7-16/h3-12,14,19H,13H2,1-2H3,(H,24,25). The molecule has 2 atom stereocenters. The number of hydrogen-bond donors (Lipinski definition) is 1. The molecule has 1 saturated carbocycles. The number of carboxylic acids is 1. The number of likely N-dealkylation sites (N-methyl/N-ethyl adjacent to an activating group) is 1. The van der Waals surface area contributed by atoms with E-state index in [0.717, 1.165) is 25.9 Å². The first-order chi connectivity index (χ1) is 13.8. The second-order valence-electron chi connectivity index (χ2n) is 7.38. The van der Waals surface area contributed by atoms with Crippen LogP contribution in [0.25, 0.3) is 10.4 Å². The molecule has 3 aromatic rings. The third-order valence-corrected chi connectivity index (χ3v) is 8.61. The highest BCUT2D eigenvalue weighted by atomic mass is 32.2. The van der Waals surface area contributed by atoms with Gasteiger partial charge in [0, 0.05) is 17.8 Å². The van der Waals surface area contributed by atoms with Gasteiger partial charge in [0.1, 0.15) is 5.54 Å². The zero-order chi connectivity index (χ0) is 20.8. The van der Waals surface area contributed by atoms with E-state index in [4.69, 9.17) is 0 Å². The van der Waals surface area contributed by atoms with E-state index in [0.29, 0.717) is 0 Å². The van der Waals surface area contributed by atoms with Crippen molar-refractivity contribution in [3.63, 3.8) is 0 Å². The van der Waals surface area contributed by atoms with Crippen LogP contribution >= 0.6 is 11.3 Å². The van der Waals surface area contributed by atoms with Crippen LogP contribution in [0.3, 0.4) is 0 Å². The number of rotatable bonds is 6. The molecule has 0 spiro atoms. The van der Waals surface area contributed by atoms with E-state index in [1.54, 1.807) is 35.6 Å². The van der Waals surface area contributed by atoms with Crippen LogP contribution in [0.5, 0.6) is 0 Å². The van der Waals surface area contributed by atoms with Crippen LogP contribution in [0.15, 0.2) is 70.9 Å². The number of carboxylic acid groups (broad SMARTS) is 1. The van der Waals surface area contributed by atoms with Crippen molar-refractivity contribution in [2.75, 3.05) is 7.05 Å². The Labute approximate surface area is 174 Å². The zero-order valence-corrected chi connectivity index (χ0v) is 17.7. The summed E-state index contributed by atoms with van der Waals surface area (Å²) in [5.41, 5.74) is 1.47. The van der Waals surface area contributed by atoms with Crippen molar-refractivity contribution < 1.29 is 18.3 Å². The van der Waals surface area contributed by atoms with E-state index in [2.05, 4.69) is 0 Å². The summed E-state index contributed by atoms with van der Waals surface area (Å²) in [7, 11) is -2.59. The van der Waals surface area contributed by atoms with Gasteiger partial charge in [-0.3, -0.25) is 4.79 Å². The summed E-state index contributed by atoms with van der Waals surface area (Å²) >= 11 is 1.60. The lowest BCUT2D eigenvalue weighted by Gasteiger charge is -2.25. The molecule has 0 amide bonds. The molecule has 2 aromatic carbocycles. The number of aryl methyl sites for hydroxylation is 1. The average molecular weight is 428 g/mol. The summed E-state index contributed by atoms with van der Waals surface area (Å²) in [5.74, 6) is -1.49. The highest BCUT2D eigenvalue weighted by Gasteiger charge is 2.66. The molecule has 4 rings (SSSR count). The largest absolute Gasteiger partial charge is 0.480 e. The number of aliphatic carboxylic acids is 1. The monoisotopic (exact) mass is 427 g/mol. The molecular formula is C22H21NO4S2. The first kappa shape index (κ1) is 19.8. The quantitative estimate of drug-likeness (QED) is 0.634. The fourth-order valence-corrected chi connectivity index (χ4v) is 6.21. The average Bonchev–Trinajstić information content (AvgIpc) is 3.35. The number of sulfonamides is 1. The molecule has 0 saturated heterocycles. The molecule has 1 N–H and O–H groups in total. The number of carbonyl (C=O) groups is 1. The molecule has 0 bridgehead atoms. The van der Waals surface area contributed by atoms with Crippen LogP contribution in [0, 0.1) is 6.92 Å². The molecule has 1 aliphatic carbocycles. The summed E-state index contributed by atoms with van der Waals surface area (Å²) in [4.78, 5) is 13.3. The third-order valence-electron chi connectivity index (χ3n) is 5.59. The molecular weight excluding hydrogens is 406 g/mol. The van der Waals surface area contributed by atoms with Gasteiger partial charge in [-0.25, -0.2) is 8.42 Å². The molecule has 1 fully saturated rings. The maximum Gasteiger partial charge on any atom is 0.325 e. The summed E-state index contributed by atoms with van der Waals surface area (Å²) in [6.07, 6.45) is 0.259. The van der Waals surface area contributed by atoms with E-state index in [1.807, 2.05) is 48.7 Å². The lowest BCUT2D eigenvalue weighted by atomic mass is 10.1. The highest BCUT2D eigenvalue weighted by molar-refractivity contribution is 7.89. The predicted molar refractivity (Wildman–Crippen MR) is 114 cm³/mol. The van der Waals surface area contributed by atoms with Crippen LogP contribution in [-0.4, -0.2) is 36.4 Å². The van der Waals surface area contributed by atoms with Crippen molar-refractivity contribution in [2.45, 2.75) is 29.7 Å². The van der Waals surface area contributed by atoms with E-state index < -0.39 is 21.5 Å². The van der Waals surface area contributed by atoms with Gasteiger partial charge in [0.25, 0.3) is 0 Å². The number of nitrogens with zero attached hydrogens (tertiary/aromatic N) is 1. The molecule has 0 aliphatic heterocycles. The fourth-order valence-electron chi connectivity index (χ4n) is 3.80. The van der Waals surface area contributed by atoms with Gasteiger partial charge in [-0.1, -0.05) is 42.5 Å². The van der Waals surface area contributed by atoms with E-state index in [-0.39, 0.29) is 17.2 Å². The van der Waals surface area contributed by atoms with Crippen LogP contribution < -0.4 is 0 Å². The Kier molecular flexibility index (Phi) is 4.85. The molecule has 0 radical (unpaired) electrons. The second kappa shape index (κ2) is 7.09. The van der Waals surface area contributed by atoms with Gasteiger partial charge in [0.15, 0.2) is 0 Å². The Hall–Kier alpha value is -2.48. The topological polar surface area (TPSA) is 74.7 Å². The van der Waals surface area contributed by atoms with Crippen molar-refractivity contribution >= 4 is 27.3 Å². The minimum absolute atomic E-state index is 0.0939. The molecule has 1 aliphatic rings. The zero-order valence-electron chi connectivity index (χ0n) is 16.1. The Balaban J connectivity index is 1.65. The molecule has 2 unspecified atom stereocenters. The van der Waals surface area contributed by atoms with Gasteiger partial charge < -0.3 is 5.11 Å². The van der Waals surface area contributed by atoms with Crippen LogP contribution in [0.4, 0.5) is 0 Å². The molecule has 7 heteroatoms. The van der Waals surface area contributed by atoms with E-state index >= 15 is 0 Å². The Morgan fingerprint density at radius 3 is 2.34 bits per heavy atom. The van der Waals surface area contributed by atoms with Gasteiger partial charge in [0.2, 0.25) is 10.0 Å². The second-order valence-corrected chi connectivity index (χ2v) is 10.3. The van der Waals surface area contributed by atoms with Gasteiger partial charge in [-0.05, 0) is 53.6 Å². The minimum atomic E-state index is -3.96. The summed E-state index contributed by atoms with van der Waals surface area (Å²) in [6.45, 7) is 2.01.